The van der Waals surface area contributed by atoms with Gasteiger partial charge in [0, 0.05) is 50.2 Å². The zero-order valence-electron chi connectivity index (χ0n) is 13.9. The maximum atomic E-state index is 13.9. The maximum absolute atomic E-state index is 13.9. The van der Waals surface area contributed by atoms with Crippen LogP contribution in [0.25, 0.3) is 10.9 Å². The zero-order chi connectivity index (χ0) is 17.2. The Morgan fingerprint density at radius 1 is 1.20 bits per heavy atom. The smallest absolute Gasteiger partial charge is 0.167 e. The second kappa shape index (κ2) is 6.64. The van der Waals surface area contributed by atoms with E-state index in [1.165, 1.54) is 19.5 Å². The van der Waals surface area contributed by atoms with E-state index in [1.54, 1.807) is 12.3 Å². The maximum Gasteiger partial charge on any atom is 0.167 e. The van der Waals surface area contributed by atoms with Crippen molar-refractivity contribution in [3.63, 3.8) is 0 Å². The number of piperazine rings is 1. The van der Waals surface area contributed by atoms with E-state index in [0.717, 1.165) is 49.6 Å². The molecule has 0 radical (unpaired) electrons. The Bertz CT molecular complexity index is 863. The highest BCUT2D eigenvalue weighted by Gasteiger charge is 2.21. The summed E-state index contributed by atoms with van der Waals surface area (Å²) in [5, 5.41) is 4.75. The molecule has 7 nitrogen and oxygen atoms in total. The number of hydrogen-bond donors (Lipinski definition) is 0. The van der Waals surface area contributed by atoms with Crippen LogP contribution in [-0.4, -0.2) is 53.3 Å². The fourth-order valence-corrected chi connectivity index (χ4v) is 3.12. The second-order valence-electron chi connectivity index (χ2n) is 5.96. The number of halogens is 1. The van der Waals surface area contributed by atoms with E-state index < -0.39 is 5.82 Å². The molecule has 0 atom stereocenters. The first kappa shape index (κ1) is 15.8. The Kier molecular flexibility index (Phi) is 4.19. The number of benzene rings is 1. The van der Waals surface area contributed by atoms with Gasteiger partial charge in [-0.2, -0.15) is 0 Å². The average molecular weight is 343 g/mol. The van der Waals surface area contributed by atoms with Crippen molar-refractivity contribution in [3.05, 3.63) is 42.3 Å². The van der Waals surface area contributed by atoms with Gasteiger partial charge in [0.1, 0.15) is 18.4 Å². The Balaban J connectivity index is 1.54. The lowest BCUT2D eigenvalue weighted by atomic mass is 10.2. The van der Waals surface area contributed by atoms with Gasteiger partial charge in [0.05, 0.1) is 18.3 Å². The molecule has 0 unspecified atom stereocenters. The predicted octanol–water partition coefficient (Wildman–Crippen LogP) is 2.09. The zero-order valence-corrected chi connectivity index (χ0v) is 13.9. The summed E-state index contributed by atoms with van der Waals surface area (Å²) in [6.45, 7) is 4.19. The van der Waals surface area contributed by atoms with Crippen molar-refractivity contribution >= 4 is 16.7 Å². The number of hydrogen-bond acceptors (Lipinski definition) is 7. The predicted molar refractivity (Wildman–Crippen MR) is 90.0 cm³/mol. The summed E-state index contributed by atoms with van der Waals surface area (Å²) >= 11 is 0. The Morgan fingerprint density at radius 2 is 2.04 bits per heavy atom. The molecule has 0 aliphatic carbocycles. The van der Waals surface area contributed by atoms with Crippen molar-refractivity contribution in [3.8, 4) is 5.75 Å². The summed E-state index contributed by atoms with van der Waals surface area (Å²) in [6, 6.07) is 4.94. The number of nitrogens with zero attached hydrogens (tertiary/aromatic N) is 5. The minimum atomic E-state index is -0.419. The molecular formula is C17H18FN5O2. The third kappa shape index (κ3) is 3.12. The van der Waals surface area contributed by atoms with Crippen LogP contribution in [0.2, 0.25) is 0 Å². The normalized spacial score (nSPS) is 15.7. The molecule has 0 N–H and O–H groups in total. The molecule has 0 spiro atoms. The first-order valence-corrected chi connectivity index (χ1v) is 8.09. The van der Waals surface area contributed by atoms with Gasteiger partial charge in [0.2, 0.25) is 0 Å². The van der Waals surface area contributed by atoms with Crippen LogP contribution in [0, 0.1) is 5.82 Å². The lowest BCUT2D eigenvalue weighted by Gasteiger charge is -2.35. The molecule has 3 heterocycles. The Morgan fingerprint density at radius 3 is 2.76 bits per heavy atom. The summed E-state index contributed by atoms with van der Waals surface area (Å²) in [5.74, 6) is 0.592. The van der Waals surface area contributed by atoms with E-state index in [-0.39, 0.29) is 5.75 Å². The lowest BCUT2D eigenvalue weighted by molar-refractivity contribution is 0.242. The van der Waals surface area contributed by atoms with Crippen molar-refractivity contribution in [2.75, 3.05) is 38.2 Å². The van der Waals surface area contributed by atoms with Gasteiger partial charge in [-0.05, 0) is 6.07 Å². The molecule has 1 saturated heterocycles. The van der Waals surface area contributed by atoms with Crippen LogP contribution in [0.4, 0.5) is 10.2 Å². The summed E-state index contributed by atoms with van der Waals surface area (Å²) in [4.78, 5) is 13.1. The van der Waals surface area contributed by atoms with Crippen molar-refractivity contribution in [2.45, 2.75) is 6.54 Å². The summed E-state index contributed by atoms with van der Waals surface area (Å²) in [6.07, 6.45) is 3.07. The number of ether oxygens (including phenoxy) is 1. The van der Waals surface area contributed by atoms with E-state index in [0.29, 0.717) is 5.52 Å². The van der Waals surface area contributed by atoms with Gasteiger partial charge in [-0.1, -0.05) is 5.16 Å². The average Bonchev–Trinajstić information content (AvgIpc) is 3.14. The summed E-state index contributed by atoms with van der Waals surface area (Å²) < 4.78 is 23.9. The molecule has 1 aliphatic heterocycles. The van der Waals surface area contributed by atoms with Crippen LogP contribution < -0.4 is 9.64 Å². The van der Waals surface area contributed by atoms with Crippen LogP contribution in [0.3, 0.4) is 0 Å². The van der Waals surface area contributed by atoms with Crippen molar-refractivity contribution in [2.24, 2.45) is 0 Å². The molecule has 0 bridgehead atoms. The summed E-state index contributed by atoms with van der Waals surface area (Å²) in [5.41, 5.74) is 1.51. The fourth-order valence-electron chi connectivity index (χ4n) is 3.12. The van der Waals surface area contributed by atoms with E-state index in [9.17, 15) is 4.39 Å². The number of anilines is 1. The minimum absolute atomic E-state index is 0.202. The number of fused-ring (bicyclic) bond motifs is 1. The van der Waals surface area contributed by atoms with Gasteiger partial charge in [0.25, 0.3) is 0 Å². The first-order valence-electron chi connectivity index (χ1n) is 8.09. The van der Waals surface area contributed by atoms with Crippen molar-refractivity contribution in [1.82, 2.24) is 20.0 Å². The van der Waals surface area contributed by atoms with Gasteiger partial charge in [-0.15, -0.1) is 0 Å². The fraction of sp³-hybridized carbons (Fsp3) is 0.353. The number of methoxy groups -OCH3 is 1. The lowest BCUT2D eigenvalue weighted by Crippen LogP contribution is -2.46. The van der Waals surface area contributed by atoms with Gasteiger partial charge < -0.3 is 14.2 Å². The third-order valence-electron chi connectivity index (χ3n) is 4.44. The molecule has 0 amide bonds. The number of rotatable bonds is 4. The van der Waals surface area contributed by atoms with Crippen LogP contribution in [0.15, 0.2) is 35.3 Å². The van der Waals surface area contributed by atoms with E-state index in [2.05, 4.69) is 24.9 Å². The third-order valence-corrected chi connectivity index (χ3v) is 4.44. The molecule has 8 heteroatoms. The van der Waals surface area contributed by atoms with E-state index in [4.69, 9.17) is 9.26 Å². The van der Waals surface area contributed by atoms with E-state index in [1.807, 2.05) is 6.07 Å². The largest absolute Gasteiger partial charge is 0.494 e. The van der Waals surface area contributed by atoms with Crippen LogP contribution in [0.1, 0.15) is 5.69 Å². The summed E-state index contributed by atoms with van der Waals surface area (Å²) in [7, 11) is 1.45. The first-order chi connectivity index (χ1) is 12.2. The topological polar surface area (TPSA) is 67.5 Å². The van der Waals surface area contributed by atoms with Crippen molar-refractivity contribution in [1.29, 1.82) is 0 Å². The molecule has 1 fully saturated rings. The molecule has 3 aromatic rings. The van der Waals surface area contributed by atoms with Crippen LogP contribution >= 0.6 is 0 Å². The SMILES string of the molecule is COc1cc2c(N3CCN(Cc4ccon4)CC3)ncnc2cc1F. The molecule has 130 valence electrons. The molecule has 0 saturated carbocycles. The quantitative estimate of drug-likeness (QED) is 0.718. The molecule has 1 aromatic carbocycles. The molecule has 4 rings (SSSR count). The van der Waals surface area contributed by atoms with Crippen LogP contribution in [-0.2, 0) is 6.54 Å². The highest BCUT2D eigenvalue weighted by Crippen LogP contribution is 2.29. The second-order valence-corrected chi connectivity index (χ2v) is 5.96. The van der Waals surface area contributed by atoms with Gasteiger partial charge in [-0.3, -0.25) is 4.90 Å². The highest BCUT2D eigenvalue weighted by molar-refractivity contribution is 5.90. The Hall–Kier alpha value is -2.74. The standard InChI is InChI=1S/C17H18FN5O2/c1-24-16-8-13-15(9-14(16)18)19-11-20-17(13)23-5-3-22(4-6-23)10-12-2-7-25-21-12/h2,7-9,11H,3-6,10H2,1H3. The highest BCUT2D eigenvalue weighted by atomic mass is 19.1. The molecule has 2 aromatic heterocycles. The minimum Gasteiger partial charge on any atom is -0.494 e. The molecular weight excluding hydrogens is 325 g/mol. The van der Waals surface area contributed by atoms with Crippen molar-refractivity contribution < 1.29 is 13.7 Å². The van der Waals surface area contributed by atoms with E-state index >= 15 is 0 Å². The van der Waals surface area contributed by atoms with Gasteiger partial charge in [0.15, 0.2) is 11.6 Å². The molecule has 25 heavy (non-hydrogen) atoms. The van der Waals surface area contributed by atoms with Gasteiger partial charge in [-0.25, -0.2) is 14.4 Å². The van der Waals surface area contributed by atoms with Gasteiger partial charge >= 0.3 is 0 Å². The Labute approximate surface area is 144 Å². The molecule has 1 aliphatic rings. The monoisotopic (exact) mass is 343 g/mol. The van der Waals surface area contributed by atoms with Crippen LogP contribution in [0.5, 0.6) is 5.75 Å². The number of aromatic nitrogens is 3.